The SMILES string of the molecule is CN(CC(F)F)C(=O)CCc1c[nH]c2ccccc12. The molecule has 0 bridgehead atoms. The van der Waals surface area contributed by atoms with Gasteiger partial charge in [0, 0.05) is 30.6 Å². The summed E-state index contributed by atoms with van der Waals surface area (Å²) in [7, 11) is 1.41. The van der Waals surface area contributed by atoms with Gasteiger partial charge in [-0.05, 0) is 18.1 Å². The average Bonchev–Trinajstić information content (AvgIpc) is 2.78. The van der Waals surface area contributed by atoms with Gasteiger partial charge in [0.1, 0.15) is 0 Å². The largest absolute Gasteiger partial charge is 0.361 e. The zero-order valence-electron chi connectivity index (χ0n) is 10.7. The fourth-order valence-electron chi connectivity index (χ4n) is 2.08. The third-order valence-electron chi connectivity index (χ3n) is 3.12. The molecule has 0 radical (unpaired) electrons. The van der Waals surface area contributed by atoms with Crippen molar-refractivity contribution in [2.75, 3.05) is 13.6 Å². The molecule has 0 aliphatic rings. The van der Waals surface area contributed by atoms with E-state index in [4.69, 9.17) is 0 Å². The van der Waals surface area contributed by atoms with Crippen LogP contribution in [0.4, 0.5) is 8.78 Å². The molecule has 19 heavy (non-hydrogen) atoms. The van der Waals surface area contributed by atoms with Crippen LogP contribution >= 0.6 is 0 Å². The monoisotopic (exact) mass is 266 g/mol. The first-order valence-electron chi connectivity index (χ1n) is 6.15. The topological polar surface area (TPSA) is 36.1 Å². The number of halogens is 2. The van der Waals surface area contributed by atoms with Gasteiger partial charge in [-0.1, -0.05) is 18.2 Å². The van der Waals surface area contributed by atoms with E-state index in [1.165, 1.54) is 7.05 Å². The van der Waals surface area contributed by atoms with Crippen molar-refractivity contribution in [1.29, 1.82) is 0 Å². The van der Waals surface area contributed by atoms with Crippen LogP contribution in [0.2, 0.25) is 0 Å². The standard InChI is InChI=1S/C14H16F2N2O/c1-18(9-13(15)16)14(19)7-6-10-8-17-12-5-3-2-4-11(10)12/h2-5,8,13,17H,6-7,9H2,1H3. The Morgan fingerprint density at radius 1 is 1.37 bits per heavy atom. The van der Waals surface area contributed by atoms with Gasteiger partial charge < -0.3 is 9.88 Å². The highest BCUT2D eigenvalue weighted by Gasteiger charge is 2.14. The lowest BCUT2D eigenvalue weighted by molar-refractivity contribution is -0.131. The summed E-state index contributed by atoms with van der Waals surface area (Å²) >= 11 is 0. The first-order valence-corrected chi connectivity index (χ1v) is 6.15. The number of nitrogens with zero attached hydrogens (tertiary/aromatic N) is 1. The molecule has 1 aromatic heterocycles. The van der Waals surface area contributed by atoms with E-state index >= 15 is 0 Å². The summed E-state index contributed by atoms with van der Waals surface area (Å²) in [4.78, 5) is 15.9. The van der Waals surface area contributed by atoms with Crippen LogP contribution in [0.3, 0.4) is 0 Å². The summed E-state index contributed by atoms with van der Waals surface area (Å²) in [5.74, 6) is -0.259. The van der Waals surface area contributed by atoms with E-state index in [0.717, 1.165) is 21.4 Å². The van der Waals surface area contributed by atoms with E-state index in [2.05, 4.69) is 4.98 Å². The third-order valence-corrected chi connectivity index (χ3v) is 3.12. The fraction of sp³-hybridized carbons (Fsp3) is 0.357. The maximum Gasteiger partial charge on any atom is 0.255 e. The minimum atomic E-state index is -2.48. The molecular weight excluding hydrogens is 250 g/mol. The molecule has 2 rings (SSSR count). The van der Waals surface area contributed by atoms with E-state index in [0.29, 0.717) is 6.42 Å². The number of alkyl halides is 2. The van der Waals surface area contributed by atoms with Crippen molar-refractivity contribution in [3.63, 3.8) is 0 Å². The van der Waals surface area contributed by atoms with Crippen molar-refractivity contribution in [1.82, 2.24) is 9.88 Å². The number of H-pyrrole nitrogens is 1. The Morgan fingerprint density at radius 3 is 2.84 bits per heavy atom. The number of hydrogen-bond donors (Lipinski definition) is 1. The average molecular weight is 266 g/mol. The van der Waals surface area contributed by atoms with E-state index < -0.39 is 13.0 Å². The molecule has 0 saturated carbocycles. The van der Waals surface area contributed by atoms with Gasteiger partial charge in [0.25, 0.3) is 6.43 Å². The van der Waals surface area contributed by atoms with Crippen molar-refractivity contribution in [3.05, 3.63) is 36.0 Å². The summed E-state index contributed by atoms with van der Waals surface area (Å²) < 4.78 is 24.3. The van der Waals surface area contributed by atoms with Crippen molar-refractivity contribution in [2.24, 2.45) is 0 Å². The second-order valence-electron chi connectivity index (χ2n) is 4.52. The number of hydrogen-bond acceptors (Lipinski definition) is 1. The molecule has 3 nitrogen and oxygen atoms in total. The Kier molecular flexibility index (Phi) is 4.14. The van der Waals surface area contributed by atoms with Crippen LogP contribution in [0.1, 0.15) is 12.0 Å². The lowest BCUT2D eigenvalue weighted by Crippen LogP contribution is -2.31. The van der Waals surface area contributed by atoms with Crippen LogP contribution in [0.25, 0.3) is 10.9 Å². The zero-order valence-corrected chi connectivity index (χ0v) is 10.7. The first kappa shape index (κ1) is 13.5. The Balaban J connectivity index is 1.97. The third kappa shape index (κ3) is 3.30. The number of carbonyl (C=O) groups excluding carboxylic acids is 1. The Hall–Kier alpha value is -1.91. The number of rotatable bonds is 5. The number of aromatic nitrogens is 1. The van der Waals surface area contributed by atoms with Gasteiger partial charge in [0.05, 0.1) is 6.54 Å². The van der Waals surface area contributed by atoms with E-state index in [9.17, 15) is 13.6 Å². The lowest BCUT2D eigenvalue weighted by atomic mass is 10.1. The molecule has 1 N–H and O–H groups in total. The number of aromatic amines is 1. The normalized spacial score (nSPS) is 11.2. The van der Waals surface area contributed by atoms with E-state index in [1.807, 2.05) is 30.5 Å². The molecule has 0 fully saturated rings. The van der Waals surface area contributed by atoms with Gasteiger partial charge in [-0.15, -0.1) is 0 Å². The molecule has 102 valence electrons. The second kappa shape index (κ2) is 5.82. The fourth-order valence-corrected chi connectivity index (χ4v) is 2.08. The van der Waals surface area contributed by atoms with Crippen molar-refractivity contribution >= 4 is 16.8 Å². The van der Waals surface area contributed by atoms with Crippen LogP contribution < -0.4 is 0 Å². The van der Waals surface area contributed by atoms with Gasteiger partial charge >= 0.3 is 0 Å². The molecular formula is C14H16F2N2O. The number of aryl methyl sites for hydroxylation is 1. The highest BCUT2D eigenvalue weighted by Crippen LogP contribution is 2.19. The van der Waals surface area contributed by atoms with E-state index in [-0.39, 0.29) is 12.3 Å². The summed E-state index contributed by atoms with van der Waals surface area (Å²) in [6.45, 7) is -0.507. The molecule has 0 atom stereocenters. The molecule has 0 aliphatic heterocycles. The van der Waals surface area contributed by atoms with Gasteiger partial charge in [-0.3, -0.25) is 4.79 Å². The van der Waals surface area contributed by atoms with Crippen LogP contribution in [-0.4, -0.2) is 35.8 Å². The molecule has 1 heterocycles. The molecule has 0 spiro atoms. The Labute approximate surface area is 110 Å². The van der Waals surface area contributed by atoms with Crippen LogP contribution in [-0.2, 0) is 11.2 Å². The van der Waals surface area contributed by atoms with Gasteiger partial charge in [-0.2, -0.15) is 0 Å². The number of para-hydroxylation sites is 1. The van der Waals surface area contributed by atoms with Gasteiger partial charge in [0.15, 0.2) is 0 Å². The molecule has 2 aromatic rings. The quantitative estimate of drug-likeness (QED) is 0.887. The lowest BCUT2D eigenvalue weighted by Gasteiger charge is -2.16. The molecule has 1 amide bonds. The number of nitrogens with one attached hydrogen (secondary N) is 1. The molecule has 0 aliphatic carbocycles. The maximum absolute atomic E-state index is 12.2. The smallest absolute Gasteiger partial charge is 0.255 e. The minimum absolute atomic E-state index is 0.241. The number of amides is 1. The summed E-state index contributed by atoms with van der Waals surface area (Å²) in [5.41, 5.74) is 2.06. The summed E-state index contributed by atoms with van der Waals surface area (Å²) in [6, 6.07) is 7.81. The Bertz CT molecular complexity index is 565. The van der Waals surface area contributed by atoms with Gasteiger partial charge in [-0.25, -0.2) is 8.78 Å². The predicted octanol–water partition coefficient (Wildman–Crippen LogP) is 2.82. The molecule has 5 heteroatoms. The first-order chi connectivity index (χ1) is 9.08. The zero-order chi connectivity index (χ0) is 13.8. The second-order valence-corrected chi connectivity index (χ2v) is 4.52. The number of fused-ring (bicyclic) bond motifs is 1. The number of carbonyl (C=O) groups is 1. The van der Waals surface area contributed by atoms with Crippen molar-refractivity contribution < 1.29 is 13.6 Å². The number of benzene rings is 1. The van der Waals surface area contributed by atoms with Crippen LogP contribution in [0, 0.1) is 0 Å². The Morgan fingerprint density at radius 2 is 2.11 bits per heavy atom. The maximum atomic E-state index is 12.2. The van der Waals surface area contributed by atoms with Gasteiger partial charge in [0.2, 0.25) is 5.91 Å². The molecule has 1 aromatic carbocycles. The molecule has 0 saturated heterocycles. The summed E-state index contributed by atoms with van der Waals surface area (Å²) in [5, 5.41) is 1.08. The molecule has 0 unspecified atom stereocenters. The van der Waals surface area contributed by atoms with E-state index in [1.54, 1.807) is 0 Å². The summed E-state index contributed by atoms with van der Waals surface area (Å²) in [6.07, 6.45) is 0.175. The van der Waals surface area contributed by atoms with Crippen molar-refractivity contribution in [2.45, 2.75) is 19.3 Å². The van der Waals surface area contributed by atoms with Crippen LogP contribution in [0.5, 0.6) is 0 Å². The minimum Gasteiger partial charge on any atom is -0.361 e. The predicted molar refractivity (Wildman–Crippen MR) is 70.3 cm³/mol. The van der Waals surface area contributed by atoms with Crippen LogP contribution in [0.15, 0.2) is 30.5 Å². The highest BCUT2D eigenvalue weighted by atomic mass is 19.3. The van der Waals surface area contributed by atoms with Crippen molar-refractivity contribution in [3.8, 4) is 0 Å². The highest BCUT2D eigenvalue weighted by molar-refractivity contribution is 5.84.